The van der Waals surface area contributed by atoms with Crippen molar-refractivity contribution < 1.29 is 37.4 Å². The Morgan fingerprint density at radius 3 is 2.14 bits per heavy atom. The van der Waals surface area contributed by atoms with Gasteiger partial charge in [-0.3, -0.25) is 9.59 Å². The molecule has 0 spiro atoms. The van der Waals surface area contributed by atoms with Gasteiger partial charge in [0.25, 0.3) is 0 Å². The maximum atomic E-state index is 12.8. The summed E-state index contributed by atoms with van der Waals surface area (Å²) in [5.41, 5.74) is 4.18. The van der Waals surface area contributed by atoms with Gasteiger partial charge in [-0.2, -0.15) is 13.2 Å². The van der Waals surface area contributed by atoms with Crippen LogP contribution < -0.4 is 5.32 Å². The van der Waals surface area contributed by atoms with E-state index in [1.54, 1.807) is 6.92 Å². The lowest BCUT2D eigenvalue weighted by Gasteiger charge is -2.25. The van der Waals surface area contributed by atoms with Crippen molar-refractivity contribution in [2.45, 2.75) is 44.3 Å². The molecule has 3 rings (SSSR count). The lowest BCUT2D eigenvalue weighted by molar-refractivity contribution is -0.166. The molecular formula is C25H27F3N2O5. The summed E-state index contributed by atoms with van der Waals surface area (Å²) in [4.78, 5) is 36.1. The number of hydrogen-bond donors (Lipinski definition) is 2. The van der Waals surface area contributed by atoms with Crippen molar-refractivity contribution in [3.05, 3.63) is 59.7 Å². The van der Waals surface area contributed by atoms with Crippen LogP contribution in [0.2, 0.25) is 0 Å². The average molecular weight is 492 g/mol. The Kier molecular flexibility index (Phi) is 8.37. The van der Waals surface area contributed by atoms with Crippen LogP contribution in [0.3, 0.4) is 0 Å². The van der Waals surface area contributed by atoms with Crippen molar-refractivity contribution in [1.82, 2.24) is 10.2 Å². The Hall–Kier alpha value is -3.56. The predicted octanol–water partition coefficient (Wildman–Crippen LogP) is 4.56. The highest BCUT2D eigenvalue weighted by atomic mass is 19.4. The third kappa shape index (κ3) is 6.97. The van der Waals surface area contributed by atoms with E-state index in [0.717, 1.165) is 22.3 Å². The summed E-state index contributed by atoms with van der Waals surface area (Å²) < 4.78 is 43.8. The highest BCUT2D eigenvalue weighted by molar-refractivity contribution is 5.82. The number of halogens is 3. The number of carbonyl (C=O) groups excluding carboxylic acids is 2. The van der Waals surface area contributed by atoms with E-state index in [1.165, 1.54) is 0 Å². The topological polar surface area (TPSA) is 95.9 Å². The van der Waals surface area contributed by atoms with Gasteiger partial charge < -0.3 is 20.1 Å². The summed E-state index contributed by atoms with van der Waals surface area (Å²) in [6.45, 7) is -0.919. The number of carbonyl (C=O) groups is 3. The Morgan fingerprint density at radius 1 is 1.06 bits per heavy atom. The van der Waals surface area contributed by atoms with E-state index in [9.17, 15) is 27.6 Å². The molecule has 0 aliphatic heterocycles. The van der Waals surface area contributed by atoms with Gasteiger partial charge in [0.05, 0.1) is 0 Å². The quantitative estimate of drug-likeness (QED) is 0.507. The number of nitrogens with zero attached hydrogens (tertiary/aromatic N) is 1. The lowest BCUT2D eigenvalue weighted by atomic mass is 9.98. The number of ether oxygens (including phenoxy) is 1. The van der Waals surface area contributed by atoms with Crippen molar-refractivity contribution in [1.29, 1.82) is 0 Å². The monoisotopic (exact) mass is 492 g/mol. The van der Waals surface area contributed by atoms with Crippen LogP contribution in [0, 0.1) is 0 Å². The first-order valence-electron chi connectivity index (χ1n) is 11.3. The Morgan fingerprint density at radius 2 is 1.63 bits per heavy atom. The molecule has 1 aliphatic rings. The fourth-order valence-corrected chi connectivity index (χ4v) is 4.33. The standard InChI is InChI=1S/C25H27F3N2O5/c1-2-7-16(12-22(31)30(13-23(32)33)15-25(26,27)28)29-24(34)35-14-21-19-10-5-3-8-17(19)18-9-4-6-11-20(18)21/h3-6,8-11,16,21H,2,7,12-15H2,1H3,(H,29,34)(H,32,33)/t16-/m0/s1. The highest BCUT2D eigenvalue weighted by Crippen LogP contribution is 2.44. The summed E-state index contributed by atoms with van der Waals surface area (Å²) in [5, 5.41) is 11.4. The summed E-state index contributed by atoms with van der Waals surface area (Å²) >= 11 is 0. The minimum absolute atomic E-state index is 0.0475. The second kappa shape index (κ2) is 11.2. The number of rotatable bonds is 10. The lowest BCUT2D eigenvalue weighted by Crippen LogP contribution is -2.45. The number of nitrogens with one attached hydrogen (secondary N) is 1. The van der Waals surface area contributed by atoms with Crippen LogP contribution in [0.25, 0.3) is 11.1 Å². The van der Waals surface area contributed by atoms with Crippen LogP contribution >= 0.6 is 0 Å². The number of carboxylic acid groups (broad SMARTS) is 1. The third-order valence-corrected chi connectivity index (χ3v) is 5.77. The summed E-state index contributed by atoms with van der Waals surface area (Å²) in [7, 11) is 0. The maximum Gasteiger partial charge on any atom is 0.407 e. The van der Waals surface area contributed by atoms with Gasteiger partial charge in [0.2, 0.25) is 5.91 Å². The minimum atomic E-state index is -4.74. The average Bonchev–Trinajstić information content (AvgIpc) is 3.10. The molecule has 0 saturated carbocycles. The fraction of sp³-hybridized carbons (Fsp3) is 0.400. The molecule has 188 valence electrons. The second-order valence-electron chi connectivity index (χ2n) is 8.42. The molecule has 1 atom stereocenters. The van der Waals surface area contributed by atoms with Gasteiger partial charge in [-0.05, 0) is 28.7 Å². The Labute approximate surface area is 200 Å². The normalized spacial score (nSPS) is 13.5. The zero-order valence-electron chi connectivity index (χ0n) is 19.2. The summed E-state index contributed by atoms with van der Waals surface area (Å²) in [6.07, 6.45) is -5.16. The molecule has 2 aromatic rings. The minimum Gasteiger partial charge on any atom is -0.480 e. The molecule has 10 heteroatoms. The number of hydrogen-bond acceptors (Lipinski definition) is 4. The van der Waals surface area contributed by atoms with E-state index < -0.39 is 49.7 Å². The molecular weight excluding hydrogens is 465 g/mol. The summed E-state index contributed by atoms with van der Waals surface area (Å²) in [5.74, 6) is -2.74. The second-order valence-corrected chi connectivity index (χ2v) is 8.42. The van der Waals surface area contributed by atoms with Crippen molar-refractivity contribution >= 4 is 18.0 Å². The first-order chi connectivity index (χ1) is 16.6. The van der Waals surface area contributed by atoms with Crippen molar-refractivity contribution in [2.75, 3.05) is 19.7 Å². The molecule has 0 radical (unpaired) electrons. The first kappa shape index (κ1) is 26.1. The van der Waals surface area contributed by atoms with Crippen LogP contribution in [0.1, 0.15) is 43.2 Å². The van der Waals surface area contributed by atoms with Crippen LogP contribution in [0.15, 0.2) is 48.5 Å². The number of aliphatic carboxylic acids is 1. The zero-order valence-corrected chi connectivity index (χ0v) is 19.2. The number of alkyl halides is 3. The van der Waals surface area contributed by atoms with Crippen molar-refractivity contribution in [3.8, 4) is 11.1 Å². The first-order valence-corrected chi connectivity index (χ1v) is 11.3. The largest absolute Gasteiger partial charge is 0.480 e. The predicted molar refractivity (Wildman–Crippen MR) is 122 cm³/mol. The third-order valence-electron chi connectivity index (χ3n) is 5.77. The van der Waals surface area contributed by atoms with E-state index in [1.807, 2.05) is 48.5 Å². The van der Waals surface area contributed by atoms with Gasteiger partial charge in [-0.15, -0.1) is 0 Å². The molecule has 0 saturated heterocycles. The van der Waals surface area contributed by atoms with E-state index >= 15 is 0 Å². The van der Waals surface area contributed by atoms with Gasteiger partial charge in [0.15, 0.2) is 0 Å². The fourth-order valence-electron chi connectivity index (χ4n) is 4.33. The van der Waals surface area contributed by atoms with Crippen LogP contribution in [-0.4, -0.2) is 59.9 Å². The zero-order chi connectivity index (χ0) is 25.6. The van der Waals surface area contributed by atoms with Gasteiger partial charge in [0, 0.05) is 18.4 Å². The maximum absolute atomic E-state index is 12.8. The van der Waals surface area contributed by atoms with Gasteiger partial charge in [-0.1, -0.05) is 61.9 Å². The van der Waals surface area contributed by atoms with E-state index in [4.69, 9.17) is 9.84 Å². The smallest absolute Gasteiger partial charge is 0.407 e. The van der Waals surface area contributed by atoms with E-state index in [0.29, 0.717) is 12.8 Å². The highest BCUT2D eigenvalue weighted by Gasteiger charge is 2.35. The van der Waals surface area contributed by atoms with Gasteiger partial charge >= 0.3 is 18.2 Å². The van der Waals surface area contributed by atoms with Crippen LogP contribution in [0.5, 0.6) is 0 Å². The Bertz CT molecular complexity index is 1030. The molecule has 7 nitrogen and oxygen atoms in total. The van der Waals surface area contributed by atoms with Crippen molar-refractivity contribution in [3.63, 3.8) is 0 Å². The molecule has 0 heterocycles. The molecule has 35 heavy (non-hydrogen) atoms. The molecule has 0 aromatic heterocycles. The van der Waals surface area contributed by atoms with Gasteiger partial charge in [0.1, 0.15) is 19.7 Å². The molecule has 2 aromatic carbocycles. The van der Waals surface area contributed by atoms with Crippen LogP contribution in [-0.2, 0) is 14.3 Å². The molecule has 0 bridgehead atoms. The molecule has 0 unspecified atom stereocenters. The number of carboxylic acids is 1. The number of benzene rings is 2. The van der Waals surface area contributed by atoms with Crippen molar-refractivity contribution in [2.24, 2.45) is 0 Å². The summed E-state index contributed by atoms with van der Waals surface area (Å²) in [6, 6.07) is 14.8. The molecule has 2 amide bonds. The number of alkyl carbamates (subject to hydrolysis) is 1. The van der Waals surface area contributed by atoms with E-state index in [-0.39, 0.29) is 17.4 Å². The molecule has 0 fully saturated rings. The van der Waals surface area contributed by atoms with Crippen LogP contribution in [0.4, 0.5) is 18.0 Å². The number of amides is 2. The Balaban J connectivity index is 1.63. The molecule has 1 aliphatic carbocycles. The number of fused-ring (bicyclic) bond motifs is 3. The van der Waals surface area contributed by atoms with Gasteiger partial charge in [-0.25, -0.2) is 4.79 Å². The SMILES string of the molecule is CCC[C@@H](CC(=O)N(CC(=O)O)CC(F)(F)F)NC(=O)OCC1c2ccccc2-c2ccccc21. The van der Waals surface area contributed by atoms with E-state index in [2.05, 4.69) is 5.32 Å². The molecule has 2 N–H and O–H groups in total.